The highest BCUT2D eigenvalue weighted by Crippen LogP contribution is 2.17. The molecular weight excluding hydrogens is 255 g/mol. The standard InChI is InChI=1S/C16H23FN2O/c1-10-7-13(8-11(2)15(10)17)9-19-16(20)14-5-4-6-18-12(14)3/h7-8,12,14,18H,4-6,9H2,1-3H3,(H,19,20). The van der Waals surface area contributed by atoms with Crippen LogP contribution in [0.5, 0.6) is 0 Å². The van der Waals surface area contributed by atoms with Crippen molar-refractivity contribution >= 4 is 5.91 Å². The maximum atomic E-state index is 13.6. The number of hydrogen-bond donors (Lipinski definition) is 2. The first-order chi connectivity index (χ1) is 9.49. The van der Waals surface area contributed by atoms with Gasteiger partial charge in [-0.05, 0) is 56.8 Å². The molecule has 1 saturated heterocycles. The first-order valence-corrected chi connectivity index (χ1v) is 7.25. The van der Waals surface area contributed by atoms with Crippen LogP contribution in [0, 0.1) is 25.6 Å². The van der Waals surface area contributed by atoms with E-state index in [1.165, 1.54) is 0 Å². The number of carbonyl (C=O) groups is 1. The van der Waals surface area contributed by atoms with Crippen molar-refractivity contribution in [3.8, 4) is 0 Å². The molecule has 2 unspecified atom stereocenters. The highest BCUT2D eigenvalue weighted by atomic mass is 19.1. The van der Waals surface area contributed by atoms with Gasteiger partial charge in [-0.1, -0.05) is 12.1 Å². The minimum atomic E-state index is -0.162. The number of rotatable bonds is 3. The topological polar surface area (TPSA) is 41.1 Å². The van der Waals surface area contributed by atoms with Gasteiger partial charge in [0.25, 0.3) is 0 Å². The molecule has 4 heteroatoms. The van der Waals surface area contributed by atoms with Crippen molar-refractivity contribution in [1.82, 2.24) is 10.6 Å². The van der Waals surface area contributed by atoms with Crippen LogP contribution in [0.3, 0.4) is 0 Å². The normalized spacial score (nSPS) is 22.6. The molecule has 0 bridgehead atoms. The Bertz CT molecular complexity index is 478. The molecular formula is C16H23FN2O. The molecule has 1 aliphatic heterocycles. The van der Waals surface area contributed by atoms with Crippen LogP contribution in [0.1, 0.15) is 36.5 Å². The van der Waals surface area contributed by atoms with E-state index in [1.54, 1.807) is 26.0 Å². The van der Waals surface area contributed by atoms with Gasteiger partial charge >= 0.3 is 0 Å². The highest BCUT2D eigenvalue weighted by molar-refractivity contribution is 5.79. The van der Waals surface area contributed by atoms with Crippen LogP contribution in [0.25, 0.3) is 0 Å². The molecule has 2 atom stereocenters. The third-order valence-corrected chi connectivity index (χ3v) is 4.06. The lowest BCUT2D eigenvalue weighted by molar-refractivity contribution is -0.126. The SMILES string of the molecule is Cc1cc(CNC(=O)C2CCCNC2C)cc(C)c1F. The Kier molecular flexibility index (Phi) is 4.76. The Labute approximate surface area is 120 Å². The molecule has 0 saturated carbocycles. The van der Waals surface area contributed by atoms with E-state index in [1.807, 2.05) is 0 Å². The quantitative estimate of drug-likeness (QED) is 0.891. The van der Waals surface area contributed by atoms with Crippen LogP contribution < -0.4 is 10.6 Å². The monoisotopic (exact) mass is 278 g/mol. The van der Waals surface area contributed by atoms with E-state index in [-0.39, 0.29) is 23.7 Å². The summed E-state index contributed by atoms with van der Waals surface area (Å²) in [5.41, 5.74) is 2.20. The molecule has 0 spiro atoms. The number of amides is 1. The molecule has 3 nitrogen and oxygen atoms in total. The Morgan fingerprint density at radius 3 is 2.65 bits per heavy atom. The summed E-state index contributed by atoms with van der Waals surface area (Å²) in [5.74, 6) is -0.0408. The van der Waals surface area contributed by atoms with E-state index in [4.69, 9.17) is 0 Å². The molecule has 2 rings (SSSR count). The Morgan fingerprint density at radius 1 is 1.40 bits per heavy atom. The lowest BCUT2D eigenvalue weighted by Crippen LogP contribution is -2.46. The van der Waals surface area contributed by atoms with Gasteiger partial charge in [-0.25, -0.2) is 4.39 Å². The molecule has 1 aliphatic rings. The van der Waals surface area contributed by atoms with Crippen molar-refractivity contribution in [1.29, 1.82) is 0 Å². The van der Waals surface area contributed by atoms with Gasteiger partial charge in [0.15, 0.2) is 0 Å². The van der Waals surface area contributed by atoms with E-state index in [0.717, 1.165) is 24.9 Å². The van der Waals surface area contributed by atoms with E-state index in [9.17, 15) is 9.18 Å². The molecule has 0 aromatic heterocycles. The summed E-state index contributed by atoms with van der Waals surface area (Å²) in [4.78, 5) is 12.2. The summed E-state index contributed by atoms with van der Waals surface area (Å²) < 4.78 is 13.6. The van der Waals surface area contributed by atoms with Gasteiger partial charge in [0, 0.05) is 12.6 Å². The average molecular weight is 278 g/mol. The maximum absolute atomic E-state index is 13.6. The smallest absolute Gasteiger partial charge is 0.224 e. The fourth-order valence-electron chi connectivity index (χ4n) is 2.86. The lowest BCUT2D eigenvalue weighted by Gasteiger charge is -2.28. The van der Waals surface area contributed by atoms with Crippen molar-refractivity contribution < 1.29 is 9.18 Å². The number of hydrogen-bond acceptors (Lipinski definition) is 2. The first-order valence-electron chi connectivity index (χ1n) is 7.25. The van der Waals surface area contributed by atoms with E-state index >= 15 is 0 Å². The van der Waals surface area contributed by atoms with Crippen LogP contribution in [0.2, 0.25) is 0 Å². The fraction of sp³-hybridized carbons (Fsp3) is 0.562. The van der Waals surface area contributed by atoms with Gasteiger partial charge in [-0.3, -0.25) is 4.79 Å². The number of benzene rings is 1. The minimum absolute atomic E-state index is 0.0337. The summed E-state index contributed by atoms with van der Waals surface area (Å²) in [7, 11) is 0. The highest BCUT2D eigenvalue weighted by Gasteiger charge is 2.27. The average Bonchev–Trinajstić information content (AvgIpc) is 2.42. The predicted molar refractivity (Wildman–Crippen MR) is 77.9 cm³/mol. The number of halogens is 1. The van der Waals surface area contributed by atoms with E-state index in [2.05, 4.69) is 17.6 Å². The van der Waals surface area contributed by atoms with Crippen molar-refractivity contribution in [3.05, 3.63) is 34.6 Å². The number of carbonyl (C=O) groups excluding carboxylic acids is 1. The van der Waals surface area contributed by atoms with Crippen LogP contribution >= 0.6 is 0 Å². The molecule has 1 fully saturated rings. The van der Waals surface area contributed by atoms with Crippen LogP contribution in [0.4, 0.5) is 4.39 Å². The van der Waals surface area contributed by atoms with Gasteiger partial charge in [0.2, 0.25) is 5.91 Å². The zero-order valence-electron chi connectivity index (χ0n) is 12.4. The molecule has 2 N–H and O–H groups in total. The zero-order chi connectivity index (χ0) is 14.7. The second-order valence-electron chi connectivity index (χ2n) is 5.75. The van der Waals surface area contributed by atoms with Gasteiger partial charge in [0.1, 0.15) is 5.82 Å². The maximum Gasteiger partial charge on any atom is 0.224 e. The molecule has 0 aliphatic carbocycles. The predicted octanol–water partition coefficient (Wildman–Crippen LogP) is 2.45. The number of nitrogens with one attached hydrogen (secondary N) is 2. The van der Waals surface area contributed by atoms with Crippen LogP contribution in [-0.2, 0) is 11.3 Å². The summed E-state index contributed by atoms with van der Waals surface area (Å²) in [6, 6.07) is 3.82. The second kappa shape index (κ2) is 6.35. The third kappa shape index (κ3) is 3.37. The molecule has 110 valence electrons. The summed E-state index contributed by atoms with van der Waals surface area (Å²) in [5, 5.41) is 6.30. The number of piperidine rings is 1. The Balaban J connectivity index is 1.96. The second-order valence-corrected chi connectivity index (χ2v) is 5.75. The fourth-order valence-corrected chi connectivity index (χ4v) is 2.86. The zero-order valence-corrected chi connectivity index (χ0v) is 12.4. The van der Waals surface area contributed by atoms with Gasteiger partial charge in [0.05, 0.1) is 5.92 Å². The van der Waals surface area contributed by atoms with Crippen molar-refractivity contribution in [3.63, 3.8) is 0 Å². The van der Waals surface area contributed by atoms with Gasteiger partial charge < -0.3 is 10.6 Å². The first kappa shape index (κ1) is 15.0. The van der Waals surface area contributed by atoms with Crippen LogP contribution in [-0.4, -0.2) is 18.5 Å². The molecule has 0 radical (unpaired) electrons. The molecule has 1 aromatic carbocycles. The molecule has 1 aromatic rings. The Hall–Kier alpha value is -1.42. The summed E-state index contributed by atoms with van der Waals surface area (Å²) in [6.45, 7) is 7.00. The largest absolute Gasteiger partial charge is 0.352 e. The Morgan fingerprint density at radius 2 is 2.05 bits per heavy atom. The molecule has 20 heavy (non-hydrogen) atoms. The third-order valence-electron chi connectivity index (χ3n) is 4.06. The summed E-state index contributed by atoms with van der Waals surface area (Å²) >= 11 is 0. The van der Waals surface area contributed by atoms with Crippen molar-refractivity contribution in [2.24, 2.45) is 5.92 Å². The molecule has 1 amide bonds. The van der Waals surface area contributed by atoms with Crippen LogP contribution in [0.15, 0.2) is 12.1 Å². The van der Waals surface area contributed by atoms with Crippen molar-refractivity contribution in [2.45, 2.75) is 46.2 Å². The van der Waals surface area contributed by atoms with E-state index in [0.29, 0.717) is 17.7 Å². The minimum Gasteiger partial charge on any atom is -0.352 e. The van der Waals surface area contributed by atoms with Gasteiger partial charge in [-0.15, -0.1) is 0 Å². The van der Waals surface area contributed by atoms with Crippen molar-refractivity contribution in [2.75, 3.05) is 6.54 Å². The number of aryl methyl sites for hydroxylation is 2. The van der Waals surface area contributed by atoms with E-state index < -0.39 is 0 Å². The summed E-state index contributed by atoms with van der Waals surface area (Å²) in [6.07, 6.45) is 1.97. The molecule has 1 heterocycles. The lowest BCUT2D eigenvalue weighted by atomic mass is 9.91. The van der Waals surface area contributed by atoms with Gasteiger partial charge in [-0.2, -0.15) is 0 Å².